The topological polar surface area (TPSA) is 66.5 Å². The first-order chi connectivity index (χ1) is 20.2. The van der Waals surface area contributed by atoms with Crippen LogP contribution in [0.5, 0.6) is 0 Å². The molecule has 0 N–H and O–H groups in total. The smallest absolute Gasteiger partial charge is 0.410 e. The highest BCUT2D eigenvalue weighted by molar-refractivity contribution is 5.68. The number of fused-ring (bicyclic) bond motifs is 2. The van der Waals surface area contributed by atoms with Gasteiger partial charge in [-0.25, -0.2) is 4.79 Å². The minimum absolute atomic E-state index is 0.250. The van der Waals surface area contributed by atoms with E-state index in [1.54, 1.807) is 11.9 Å². The van der Waals surface area contributed by atoms with E-state index in [0.717, 1.165) is 29.5 Å². The van der Waals surface area contributed by atoms with Gasteiger partial charge in [-0.2, -0.15) is 0 Å². The number of hydrogen-bond donors (Lipinski definition) is 0. The number of likely N-dealkylation sites (N-methyl/N-ethyl adjacent to an activating group) is 1. The molecular formula is C35H43NO6. The molecule has 5 atom stereocenters. The van der Waals surface area contributed by atoms with Gasteiger partial charge in [0.2, 0.25) is 0 Å². The van der Waals surface area contributed by atoms with Gasteiger partial charge in [0, 0.05) is 7.05 Å². The van der Waals surface area contributed by atoms with Crippen LogP contribution in [0.3, 0.4) is 0 Å². The fraction of sp³-hybridized carbons (Fsp3) is 0.457. The van der Waals surface area contributed by atoms with E-state index < -0.39 is 35.5 Å². The third kappa shape index (κ3) is 7.39. The molecule has 5 rings (SSSR count). The Kier molecular flexibility index (Phi) is 9.63. The number of benzene rings is 3. The van der Waals surface area contributed by atoms with E-state index in [1.165, 1.54) is 0 Å². The van der Waals surface area contributed by atoms with E-state index >= 15 is 0 Å². The normalized spacial score (nSPS) is 25.2. The number of amides is 1. The zero-order valence-corrected chi connectivity index (χ0v) is 25.1. The standard InChI is InChI=1S/C35H43NO6/c1-34(2,3)42-33(37)36(4)30-29-20-21-35(41-29,25-38-22-26-14-8-5-9-15-26)32(40-24-28-18-12-7-13-19-28)31(30)39-23-27-16-10-6-11-17-27/h5-19,29-32H,20-25H2,1-4H3/t29-,30?,31-,32-,35-/m1/s1. The highest BCUT2D eigenvalue weighted by Crippen LogP contribution is 2.46. The molecule has 224 valence electrons. The van der Waals surface area contributed by atoms with Gasteiger partial charge in [-0.3, -0.25) is 0 Å². The van der Waals surface area contributed by atoms with Gasteiger partial charge in [-0.05, 0) is 50.3 Å². The predicted octanol–water partition coefficient (Wildman–Crippen LogP) is 6.54. The summed E-state index contributed by atoms with van der Waals surface area (Å²) in [7, 11) is 1.77. The largest absolute Gasteiger partial charge is 0.444 e. The van der Waals surface area contributed by atoms with E-state index in [-0.39, 0.29) is 6.10 Å². The maximum Gasteiger partial charge on any atom is 0.410 e. The number of rotatable bonds is 11. The van der Waals surface area contributed by atoms with Crippen LogP contribution in [-0.2, 0) is 43.5 Å². The molecular weight excluding hydrogens is 530 g/mol. The van der Waals surface area contributed by atoms with Crippen LogP contribution < -0.4 is 0 Å². The van der Waals surface area contributed by atoms with Crippen LogP contribution >= 0.6 is 0 Å². The van der Waals surface area contributed by atoms with Gasteiger partial charge in [0.25, 0.3) is 0 Å². The van der Waals surface area contributed by atoms with Gasteiger partial charge < -0.3 is 28.6 Å². The Labute approximate surface area is 249 Å². The Morgan fingerprint density at radius 3 is 1.90 bits per heavy atom. The monoisotopic (exact) mass is 573 g/mol. The van der Waals surface area contributed by atoms with Crippen molar-refractivity contribution in [1.82, 2.24) is 4.90 Å². The quantitative estimate of drug-likeness (QED) is 0.260. The molecule has 0 aliphatic carbocycles. The SMILES string of the molecule is CN(C(=O)OC(C)(C)C)C1[C@@H](OCc2ccccc2)[C@@H](OCc2ccccc2)[C@]2(COCc3ccccc3)CC[C@H]1O2. The van der Waals surface area contributed by atoms with Gasteiger partial charge in [0.15, 0.2) is 0 Å². The van der Waals surface area contributed by atoms with Crippen LogP contribution in [0.1, 0.15) is 50.3 Å². The van der Waals surface area contributed by atoms with E-state index in [2.05, 4.69) is 12.1 Å². The van der Waals surface area contributed by atoms with E-state index in [4.69, 9.17) is 23.7 Å². The van der Waals surface area contributed by atoms with Crippen LogP contribution in [0, 0.1) is 0 Å². The summed E-state index contributed by atoms with van der Waals surface area (Å²) in [5.41, 5.74) is 1.85. The molecule has 7 heteroatoms. The molecule has 2 fully saturated rings. The minimum atomic E-state index is -0.721. The molecule has 42 heavy (non-hydrogen) atoms. The first kappa shape index (κ1) is 30.2. The van der Waals surface area contributed by atoms with Crippen molar-refractivity contribution < 1.29 is 28.5 Å². The molecule has 2 bridgehead atoms. The van der Waals surface area contributed by atoms with Crippen LogP contribution in [0.15, 0.2) is 91.0 Å². The molecule has 3 aromatic rings. The number of carbonyl (C=O) groups is 1. The number of ether oxygens (including phenoxy) is 5. The van der Waals surface area contributed by atoms with E-state index in [1.807, 2.05) is 99.6 Å². The maximum atomic E-state index is 13.4. The van der Waals surface area contributed by atoms with E-state index in [0.29, 0.717) is 26.4 Å². The summed E-state index contributed by atoms with van der Waals surface area (Å²) < 4.78 is 32.4. The van der Waals surface area contributed by atoms with Crippen molar-refractivity contribution in [3.8, 4) is 0 Å². The van der Waals surface area contributed by atoms with Crippen molar-refractivity contribution >= 4 is 6.09 Å². The molecule has 1 amide bonds. The molecule has 1 unspecified atom stereocenters. The van der Waals surface area contributed by atoms with Gasteiger partial charge >= 0.3 is 6.09 Å². The zero-order valence-electron chi connectivity index (χ0n) is 25.1. The summed E-state index contributed by atoms with van der Waals surface area (Å²) in [6.45, 7) is 7.20. The molecule has 0 aromatic heterocycles. The van der Waals surface area contributed by atoms with Crippen LogP contribution in [-0.4, -0.2) is 60.2 Å². The second kappa shape index (κ2) is 13.4. The summed E-state index contributed by atoms with van der Waals surface area (Å²) in [6, 6.07) is 29.9. The predicted molar refractivity (Wildman–Crippen MR) is 161 cm³/mol. The summed E-state index contributed by atoms with van der Waals surface area (Å²) in [5.74, 6) is 0. The Balaban J connectivity index is 1.45. The Bertz CT molecular complexity index is 1260. The van der Waals surface area contributed by atoms with Crippen molar-refractivity contribution in [2.24, 2.45) is 0 Å². The summed E-state index contributed by atoms with van der Waals surface area (Å²) >= 11 is 0. The summed E-state index contributed by atoms with van der Waals surface area (Å²) in [4.78, 5) is 15.0. The lowest BCUT2D eigenvalue weighted by atomic mass is 9.87. The third-order valence-corrected chi connectivity index (χ3v) is 7.92. The fourth-order valence-electron chi connectivity index (χ4n) is 5.93. The molecule has 0 spiro atoms. The lowest BCUT2D eigenvalue weighted by Crippen LogP contribution is -2.67. The molecule has 2 aliphatic heterocycles. The molecule has 2 saturated heterocycles. The fourth-order valence-corrected chi connectivity index (χ4v) is 5.93. The lowest BCUT2D eigenvalue weighted by molar-refractivity contribution is -0.264. The van der Waals surface area contributed by atoms with Crippen molar-refractivity contribution in [3.63, 3.8) is 0 Å². The lowest BCUT2D eigenvalue weighted by Gasteiger charge is -2.50. The minimum Gasteiger partial charge on any atom is -0.444 e. The summed E-state index contributed by atoms with van der Waals surface area (Å²) in [6.07, 6.45) is -0.149. The molecule has 2 heterocycles. The molecule has 3 aromatic carbocycles. The van der Waals surface area contributed by atoms with Crippen molar-refractivity contribution in [1.29, 1.82) is 0 Å². The Hall–Kier alpha value is -3.23. The molecule has 7 nitrogen and oxygen atoms in total. The highest BCUT2D eigenvalue weighted by Gasteiger charge is 2.61. The average Bonchev–Trinajstić information content (AvgIpc) is 3.36. The first-order valence-corrected chi connectivity index (χ1v) is 14.8. The summed E-state index contributed by atoms with van der Waals surface area (Å²) in [5, 5.41) is 0. The first-order valence-electron chi connectivity index (χ1n) is 14.8. The second-order valence-electron chi connectivity index (χ2n) is 12.3. The number of hydrogen-bond acceptors (Lipinski definition) is 6. The van der Waals surface area contributed by atoms with Crippen LogP contribution in [0.25, 0.3) is 0 Å². The number of carbonyl (C=O) groups excluding carboxylic acids is 1. The second-order valence-corrected chi connectivity index (χ2v) is 12.3. The van der Waals surface area contributed by atoms with Gasteiger partial charge in [0.1, 0.15) is 23.4 Å². The van der Waals surface area contributed by atoms with Crippen molar-refractivity contribution in [3.05, 3.63) is 108 Å². The van der Waals surface area contributed by atoms with Gasteiger partial charge in [0.05, 0.1) is 38.6 Å². The van der Waals surface area contributed by atoms with Gasteiger partial charge in [-0.15, -0.1) is 0 Å². The van der Waals surface area contributed by atoms with Crippen molar-refractivity contribution in [2.75, 3.05) is 13.7 Å². The zero-order chi connectivity index (χ0) is 29.6. The van der Waals surface area contributed by atoms with Crippen LogP contribution in [0.4, 0.5) is 4.79 Å². The van der Waals surface area contributed by atoms with Crippen LogP contribution in [0.2, 0.25) is 0 Å². The maximum absolute atomic E-state index is 13.4. The van der Waals surface area contributed by atoms with E-state index in [9.17, 15) is 4.79 Å². The molecule has 2 aliphatic rings. The number of nitrogens with zero attached hydrogens (tertiary/aromatic N) is 1. The van der Waals surface area contributed by atoms with Crippen molar-refractivity contribution in [2.45, 2.75) is 89.0 Å². The van der Waals surface area contributed by atoms with Gasteiger partial charge in [-0.1, -0.05) is 91.0 Å². The Morgan fingerprint density at radius 2 is 1.36 bits per heavy atom. The molecule has 0 saturated carbocycles. The highest BCUT2D eigenvalue weighted by atomic mass is 16.6. The molecule has 0 radical (unpaired) electrons. The Morgan fingerprint density at radius 1 is 0.833 bits per heavy atom. The average molecular weight is 574 g/mol. The third-order valence-electron chi connectivity index (χ3n) is 7.92.